The van der Waals surface area contributed by atoms with Crippen LogP contribution in [-0.4, -0.2) is 37.0 Å². The van der Waals surface area contributed by atoms with Gasteiger partial charge in [-0.05, 0) is 24.8 Å². The van der Waals surface area contributed by atoms with Gasteiger partial charge in [-0.25, -0.2) is 8.78 Å². The summed E-state index contributed by atoms with van der Waals surface area (Å²) >= 11 is 0. The zero-order chi connectivity index (χ0) is 10.9. The summed E-state index contributed by atoms with van der Waals surface area (Å²) in [5.74, 6) is -2.42. The lowest BCUT2D eigenvalue weighted by Crippen LogP contribution is -2.50. The van der Waals surface area contributed by atoms with E-state index >= 15 is 0 Å². The fourth-order valence-corrected chi connectivity index (χ4v) is 2.62. The Kier molecular flexibility index (Phi) is 2.99. The molecule has 0 spiro atoms. The number of alkyl halides is 2. The molecule has 15 heavy (non-hydrogen) atoms. The second-order valence-electron chi connectivity index (χ2n) is 5.19. The third-order valence-corrected chi connectivity index (χ3v) is 3.99. The van der Waals surface area contributed by atoms with Crippen LogP contribution in [0, 0.1) is 5.41 Å². The van der Waals surface area contributed by atoms with Gasteiger partial charge < -0.3 is 10.6 Å². The van der Waals surface area contributed by atoms with Gasteiger partial charge in [-0.15, -0.1) is 0 Å². The molecular formula is C11H20F2N2. The molecule has 0 radical (unpaired) electrons. The van der Waals surface area contributed by atoms with Crippen molar-refractivity contribution in [1.29, 1.82) is 0 Å². The first-order valence-electron chi connectivity index (χ1n) is 5.86. The molecule has 4 heteroatoms. The summed E-state index contributed by atoms with van der Waals surface area (Å²) in [6.45, 7) is 2.71. The number of nitrogens with zero attached hydrogens (tertiary/aromatic N) is 1. The minimum absolute atomic E-state index is 0.0215. The number of hydrogen-bond donors (Lipinski definition) is 1. The zero-order valence-electron chi connectivity index (χ0n) is 9.14. The molecule has 0 bridgehead atoms. The van der Waals surface area contributed by atoms with Crippen molar-refractivity contribution in [3.05, 3.63) is 0 Å². The number of piperidine rings is 1. The molecule has 0 atom stereocenters. The van der Waals surface area contributed by atoms with Crippen LogP contribution in [-0.2, 0) is 0 Å². The molecule has 0 amide bonds. The van der Waals surface area contributed by atoms with Crippen LogP contribution in [0.25, 0.3) is 0 Å². The first-order chi connectivity index (χ1) is 7.05. The van der Waals surface area contributed by atoms with Crippen molar-refractivity contribution < 1.29 is 8.78 Å². The van der Waals surface area contributed by atoms with Crippen LogP contribution >= 0.6 is 0 Å². The Morgan fingerprint density at radius 2 is 1.67 bits per heavy atom. The van der Waals surface area contributed by atoms with Crippen molar-refractivity contribution in [2.24, 2.45) is 11.1 Å². The van der Waals surface area contributed by atoms with Crippen LogP contribution in [0.3, 0.4) is 0 Å². The largest absolute Gasteiger partial charge is 0.330 e. The zero-order valence-corrected chi connectivity index (χ0v) is 9.14. The second-order valence-corrected chi connectivity index (χ2v) is 5.19. The SMILES string of the molecule is NCC1(CN2CCC(F)(F)CC2)CCC1. The molecule has 2 N–H and O–H groups in total. The Balaban J connectivity index is 1.81. The summed E-state index contributed by atoms with van der Waals surface area (Å²) in [5.41, 5.74) is 6.02. The molecule has 0 aromatic rings. The summed E-state index contributed by atoms with van der Waals surface area (Å²) in [5, 5.41) is 0. The maximum Gasteiger partial charge on any atom is 0.250 e. The Bertz CT molecular complexity index is 211. The van der Waals surface area contributed by atoms with Crippen LogP contribution in [0.2, 0.25) is 0 Å². The smallest absolute Gasteiger partial charge is 0.250 e. The average molecular weight is 218 g/mol. The van der Waals surface area contributed by atoms with Gasteiger partial charge in [0.1, 0.15) is 0 Å². The van der Waals surface area contributed by atoms with Crippen molar-refractivity contribution in [3.8, 4) is 0 Å². The molecule has 1 saturated heterocycles. The Labute approximate surface area is 89.8 Å². The maximum atomic E-state index is 12.9. The minimum atomic E-state index is -2.42. The predicted octanol–water partition coefficient (Wildman–Crippen LogP) is 1.85. The first-order valence-corrected chi connectivity index (χ1v) is 5.86. The minimum Gasteiger partial charge on any atom is -0.330 e. The van der Waals surface area contributed by atoms with Gasteiger partial charge in [0.05, 0.1) is 0 Å². The normalized spacial score (nSPS) is 29.8. The van der Waals surface area contributed by atoms with Crippen LogP contribution in [0.1, 0.15) is 32.1 Å². The Hall–Kier alpha value is -0.220. The van der Waals surface area contributed by atoms with Crippen molar-refractivity contribution in [1.82, 2.24) is 4.90 Å². The molecule has 0 aromatic heterocycles. The van der Waals surface area contributed by atoms with E-state index in [1.165, 1.54) is 19.3 Å². The van der Waals surface area contributed by atoms with Gasteiger partial charge in [-0.2, -0.15) is 0 Å². The van der Waals surface area contributed by atoms with E-state index < -0.39 is 5.92 Å². The van der Waals surface area contributed by atoms with Gasteiger partial charge in [0, 0.05) is 32.5 Å². The van der Waals surface area contributed by atoms with Gasteiger partial charge >= 0.3 is 0 Å². The standard InChI is InChI=1S/C11H20F2N2/c12-11(13)4-6-15(7-5-11)9-10(8-14)2-1-3-10/h1-9,14H2. The third kappa shape index (κ3) is 2.48. The number of nitrogens with two attached hydrogens (primary N) is 1. The predicted molar refractivity (Wildman–Crippen MR) is 56.0 cm³/mol. The molecule has 1 aliphatic carbocycles. The van der Waals surface area contributed by atoms with Crippen molar-refractivity contribution in [2.45, 2.75) is 38.0 Å². The molecule has 1 saturated carbocycles. The van der Waals surface area contributed by atoms with E-state index in [4.69, 9.17) is 5.73 Å². The maximum absolute atomic E-state index is 12.9. The van der Waals surface area contributed by atoms with Gasteiger partial charge in [0.2, 0.25) is 0 Å². The van der Waals surface area contributed by atoms with Crippen LogP contribution < -0.4 is 5.73 Å². The van der Waals surface area contributed by atoms with E-state index in [1.807, 2.05) is 0 Å². The van der Waals surface area contributed by atoms with Crippen molar-refractivity contribution in [3.63, 3.8) is 0 Å². The summed E-state index contributed by atoms with van der Waals surface area (Å²) in [6, 6.07) is 0. The van der Waals surface area contributed by atoms with Gasteiger partial charge in [-0.1, -0.05) is 6.42 Å². The average Bonchev–Trinajstić information content (AvgIpc) is 2.14. The van der Waals surface area contributed by atoms with E-state index in [2.05, 4.69) is 4.90 Å². The molecular weight excluding hydrogens is 198 g/mol. The molecule has 0 unspecified atom stereocenters. The van der Waals surface area contributed by atoms with Crippen molar-refractivity contribution in [2.75, 3.05) is 26.2 Å². The van der Waals surface area contributed by atoms with Crippen LogP contribution in [0.4, 0.5) is 8.78 Å². The summed E-state index contributed by atoms with van der Waals surface area (Å²) in [6.07, 6.45) is 3.65. The highest BCUT2D eigenvalue weighted by Gasteiger charge is 2.40. The van der Waals surface area contributed by atoms with E-state index in [0.29, 0.717) is 19.6 Å². The van der Waals surface area contributed by atoms with E-state index in [0.717, 1.165) is 6.54 Å². The van der Waals surface area contributed by atoms with E-state index in [-0.39, 0.29) is 18.3 Å². The number of hydrogen-bond acceptors (Lipinski definition) is 2. The molecule has 2 aliphatic rings. The fourth-order valence-electron chi connectivity index (χ4n) is 2.62. The highest BCUT2D eigenvalue weighted by atomic mass is 19.3. The second kappa shape index (κ2) is 3.98. The summed E-state index contributed by atoms with van der Waals surface area (Å²) in [7, 11) is 0. The van der Waals surface area contributed by atoms with Crippen molar-refractivity contribution >= 4 is 0 Å². The van der Waals surface area contributed by atoms with Gasteiger partial charge in [0.15, 0.2) is 0 Å². The molecule has 1 heterocycles. The van der Waals surface area contributed by atoms with Gasteiger partial charge in [-0.3, -0.25) is 0 Å². The molecule has 0 aromatic carbocycles. The lowest BCUT2D eigenvalue weighted by atomic mass is 9.68. The molecule has 88 valence electrons. The number of rotatable bonds is 3. The van der Waals surface area contributed by atoms with Crippen LogP contribution in [0.15, 0.2) is 0 Å². The molecule has 2 fully saturated rings. The Morgan fingerprint density at radius 1 is 1.07 bits per heavy atom. The first kappa shape index (κ1) is 11.3. The quantitative estimate of drug-likeness (QED) is 0.783. The van der Waals surface area contributed by atoms with E-state index in [1.54, 1.807) is 0 Å². The number of halogens is 2. The Morgan fingerprint density at radius 3 is 2.07 bits per heavy atom. The lowest BCUT2D eigenvalue weighted by molar-refractivity contribution is -0.0662. The lowest BCUT2D eigenvalue weighted by Gasteiger charge is -2.46. The number of likely N-dealkylation sites (tertiary alicyclic amines) is 1. The van der Waals surface area contributed by atoms with Crippen LogP contribution in [0.5, 0.6) is 0 Å². The monoisotopic (exact) mass is 218 g/mol. The highest BCUT2D eigenvalue weighted by molar-refractivity contribution is 4.92. The fraction of sp³-hybridized carbons (Fsp3) is 1.00. The van der Waals surface area contributed by atoms with E-state index in [9.17, 15) is 8.78 Å². The summed E-state index contributed by atoms with van der Waals surface area (Å²) in [4.78, 5) is 2.17. The topological polar surface area (TPSA) is 29.3 Å². The van der Waals surface area contributed by atoms with Gasteiger partial charge in [0.25, 0.3) is 5.92 Å². The molecule has 1 aliphatic heterocycles. The molecule has 2 nitrogen and oxygen atoms in total. The summed E-state index contributed by atoms with van der Waals surface area (Å²) < 4.78 is 25.9. The molecule has 2 rings (SSSR count). The highest BCUT2D eigenvalue weighted by Crippen LogP contribution is 2.41. The third-order valence-electron chi connectivity index (χ3n) is 3.99.